The topological polar surface area (TPSA) is 42.8 Å². The molecule has 0 unspecified atom stereocenters. The Morgan fingerprint density at radius 2 is 1.78 bits per heavy atom. The molecule has 27 heavy (non-hydrogen) atoms. The zero-order valence-corrected chi connectivity index (χ0v) is 16.4. The van der Waals surface area contributed by atoms with Crippen molar-refractivity contribution in [1.29, 1.82) is 0 Å². The molecule has 144 valence electrons. The second kappa shape index (κ2) is 9.56. The second-order valence-electron chi connectivity index (χ2n) is 7.61. The highest BCUT2D eigenvalue weighted by Gasteiger charge is 2.28. The largest absolute Gasteiger partial charge is 0.497 e. The molecule has 2 aromatic carbocycles. The van der Waals surface area contributed by atoms with Gasteiger partial charge in [0.2, 0.25) is 5.91 Å². The highest BCUT2D eigenvalue weighted by atomic mass is 16.5. The van der Waals surface area contributed by atoms with Gasteiger partial charge >= 0.3 is 0 Å². The summed E-state index contributed by atoms with van der Waals surface area (Å²) >= 11 is 0. The summed E-state index contributed by atoms with van der Waals surface area (Å²) in [6.07, 6.45) is 1.95. The third kappa shape index (κ3) is 5.57. The van der Waals surface area contributed by atoms with E-state index in [1.165, 1.54) is 5.56 Å². The van der Waals surface area contributed by atoms with E-state index in [2.05, 4.69) is 42.6 Å². The van der Waals surface area contributed by atoms with Gasteiger partial charge < -0.3 is 15.0 Å². The minimum absolute atomic E-state index is 0.152. The van der Waals surface area contributed by atoms with Crippen molar-refractivity contribution < 1.29 is 14.4 Å². The molecular weight excluding hydrogens is 336 g/mol. The van der Waals surface area contributed by atoms with Crippen LogP contribution in [-0.2, 0) is 11.3 Å². The van der Waals surface area contributed by atoms with Crippen LogP contribution >= 0.6 is 0 Å². The van der Waals surface area contributed by atoms with E-state index in [1.807, 2.05) is 24.3 Å². The summed E-state index contributed by atoms with van der Waals surface area (Å²) in [5, 5.41) is 3.10. The minimum atomic E-state index is 0.152. The first kappa shape index (κ1) is 19.4. The first-order valence-corrected chi connectivity index (χ1v) is 9.95. The fourth-order valence-electron chi connectivity index (χ4n) is 3.90. The summed E-state index contributed by atoms with van der Waals surface area (Å²) in [5.41, 5.74) is 2.51. The van der Waals surface area contributed by atoms with Crippen LogP contribution in [0.3, 0.4) is 0 Å². The summed E-state index contributed by atoms with van der Waals surface area (Å²) in [6, 6.07) is 18.6. The van der Waals surface area contributed by atoms with Gasteiger partial charge in [0.15, 0.2) is 0 Å². The number of nitrogens with one attached hydrogen (secondary N) is 2. The molecule has 1 saturated heterocycles. The predicted octanol–water partition coefficient (Wildman–Crippen LogP) is 2.41. The van der Waals surface area contributed by atoms with Gasteiger partial charge in [0.05, 0.1) is 26.7 Å². The van der Waals surface area contributed by atoms with Gasteiger partial charge in [-0.15, -0.1) is 0 Å². The Kier molecular flexibility index (Phi) is 6.88. The molecule has 1 atom stereocenters. The fourth-order valence-corrected chi connectivity index (χ4v) is 3.90. The van der Waals surface area contributed by atoms with E-state index in [4.69, 9.17) is 4.74 Å². The fraction of sp³-hybridized carbons (Fsp3) is 0.435. The zero-order chi connectivity index (χ0) is 19.1. The highest BCUT2D eigenvalue weighted by molar-refractivity contribution is 5.78. The van der Waals surface area contributed by atoms with Crippen molar-refractivity contribution in [2.45, 2.75) is 32.2 Å². The normalized spacial score (nSPS) is 20.7. The Bertz CT molecular complexity index is 707. The number of hydrogen-bond donors (Lipinski definition) is 2. The van der Waals surface area contributed by atoms with Gasteiger partial charge in [0.1, 0.15) is 5.75 Å². The molecule has 1 heterocycles. The van der Waals surface area contributed by atoms with E-state index >= 15 is 0 Å². The molecule has 0 radical (unpaired) electrons. The summed E-state index contributed by atoms with van der Waals surface area (Å²) in [5.74, 6) is 1.74. The van der Waals surface area contributed by atoms with E-state index in [1.54, 1.807) is 12.0 Å². The highest BCUT2D eigenvalue weighted by Crippen LogP contribution is 2.15. The van der Waals surface area contributed by atoms with Crippen molar-refractivity contribution in [2.75, 3.05) is 26.7 Å². The number of benzene rings is 2. The number of carbonyl (C=O) groups is 1. The van der Waals surface area contributed by atoms with E-state index < -0.39 is 0 Å². The van der Waals surface area contributed by atoms with E-state index in [0.29, 0.717) is 12.5 Å². The van der Waals surface area contributed by atoms with Crippen LogP contribution in [0.4, 0.5) is 0 Å². The van der Waals surface area contributed by atoms with Crippen LogP contribution in [-0.4, -0.2) is 32.7 Å². The number of rotatable bonds is 7. The van der Waals surface area contributed by atoms with Crippen molar-refractivity contribution in [3.63, 3.8) is 0 Å². The molecule has 2 N–H and O–H groups in total. The van der Waals surface area contributed by atoms with Crippen molar-refractivity contribution in [3.05, 3.63) is 65.7 Å². The molecule has 0 aromatic heterocycles. The first-order chi connectivity index (χ1) is 13.2. The number of carbonyl (C=O) groups excluding carboxylic acids is 1. The van der Waals surface area contributed by atoms with Crippen LogP contribution in [0.2, 0.25) is 0 Å². The molecule has 0 spiro atoms. The van der Waals surface area contributed by atoms with Gasteiger partial charge in [-0.2, -0.15) is 0 Å². The number of ether oxygens (including phenoxy) is 1. The van der Waals surface area contributed by atoms with Gasteiger partial charge in [0.25, 0.3) is 0 Å². The van der Waals surface area contributed by atoms with Crippen molar-refractivity contribution in [3.8, 4) is 5.75 Å². The van der Waals surface area contributed by atoms with Gasteiger partial charge in [-0.05, 0) is 23.3 Å². The number of methoxy groups -OCH3 is 1. The minimum Gasteiger partial charge on any atom is -0.497 e. The molecule has 0 saturated carbocycles. The number of amides is 1. The number of likely N-dealkylation sites (tertiary alicyclic amines) is 1. The Balaban J connectivity index is 1.41. The number of piperidine rings is 1. The van der Waals surface area contributed by atoms with Crippen LogP contribution < -0.4 is 15.0 Å². The zero-order valence-electron chi connectivity index (χ0n) is 16.4. The van der Waals surface area contributed by atoms with Crippen LogP contribution in [0, 0.1) is 5.92 Å². The van der Waals surface area contributed by atoms with Crippen LogP contribution in [0.15, 0.2) is 54.6 Å². The molecule has 2 aromatic rings. The molecule has 0 aliphatic carbocycles. The van der Waals surface area contributed by atoms with Crippen LogP contribution in [0.5, 0.6) is 5.75 Å². The van der Waals surface area contributed by atoms with Crippen molar-refractivity contribution in [2.24, 2.45) is 5.92 Å². The molecule has 3 rings (SSSR count). The first-order valence-electron chi connectivity index (χ1n) is 9.95. The molecule has 1 aliphatic heterocycles. The average molecular weight is 368 g/mol. The number of quaternary nitrogens is 1. The van der Waals surface area contributed by atoms with E-state index in [-0.39, 0.29) is 11.8 Å². The summed E-state index contributed by atoms with van der Waals surface area (Å²) in [4.78, 5) is 14.1. The summed E-state index contributed by atoms with van der Waals surface area (Å²) in [7, 11) is 1.66. The lowest BCUT2D eigenvalue weighted by Crippen LogP contribution is -3.13. The second-order valence-corrected chi connectivity index (χ2v) is 7.61. The Morgan fingerprint density at radius 3 is 2.41 bits per heavy atom. The Labute approximate surface area is 162 Å². The molecular formula is C23H31N2O2+. The van der Waals surface area contributed by atoms with Crippen LogP contribution in [0.1, 0.15) is 36.8 Å². The standard InChI is InChI=1S/C23H30N2O2/c1-18(20-6-4-3-5-7-20)17-25-14-12-21(13-15-25)23(26)24-16-19-8-10-22(27-2)11-9-19/h3-11,18,21H,12-17H2,1-2H3,(H,24,26)/p+1/t18-/m1/s1. The van der Waals surface area contributed by atoms with Gasteiger partial charge in [-0.3, -0.25) is 4.79 Å². The van der Waals surface area contributed by atoms with Gasteiger partial charge in [0, 0.05) is 31.2 Å². The maximum absolute atomic E-state index is 12.5. The molecule has 4 heteroatoms. The molecule has 1 fully saturated rings. The molecule has 1 amide bonds. The molecule has 4 nitrogen and oxygen atoms in total. The lowest BCUT2D eigenvalue weighted by molar-refractivity contribution is -0.907. The van der Waals surface area contributed by atoms with Crippen molar-refractivity contribution >= 4 is 5.91 Å². The van der Waals surface area contributed by atoms with Gasteiger partial charge in [-0.1, -0.05) is 49.4 Å². The SMILES string of the molecule is COc1ccc(CNC(=O)C2CC[NH+](C[C@@H](C)c3ccccc3)CC2)cc1. The maximum Gasteiger partial charge on any atom is 0.223 e. The maximum atomic E-state index is 12.5. The smallest absolute Gasteiger partial charge is 0.223 e. The third-order valence-corrected chi connectivity index (χ3v) is 5.65. The van der Waals surface area contributed by atoms with Gasteiger partial charge in [-0.25, -0.2) is 0 Å². The average Bonchev–Trinajstić information content (AvgIpc) is 2.73. The monoisotopic (exact) mass is 367 g/mol. The quantitative estimate of drug-likeness (QED) is 0.789. The predicted molar refractivity (Wildman–Crippen MR) is 108 cm³/mol. The molecule has 1 aliphatic rings. The van der Waals surface area contributed by atoms with Crippen molar-refractivity contribution in [1.82, 2.24) is 5.32 Å². The van der Waals surface area contributed by atoms with Crippen LogP contribution in [0.25, 0.3) is 0 Å². The number of hydrogen-bond acceptors (Lipinski definition) is 2. The van der Waals surface area contributed by atoms with E-state index in [9.17, 15) is 4.79 Å². The molecule has 0 bridgehead atoms. The summed E-state index contributed by atoms with van der Waals surface area (Å²) in [6.45, 7) is 6.19. The Morgan fingerprint density at radius 1 is 1.11 bits per heavy atom. The lowest BCUT2D eigenvalue weighted by atomic mass is 9.94. The third-order valence-electron chi connectivity index (χ3n) is 5.65. The van der Waals surface area contributed by atoms with E-state index in [0.717, 1.165) is 43.8 Å². The lowest BCUT2D eigenvalue weighted by Gasteiger charge is -2.30. The summed E-state index contributed by atoms with van der Waals surface area (Å²) < 4.78 is 5.17. The Hall–Kier alpha value is -2.33.